The summed E-state index contributed by atoms with van der Waals surface area (Å²) in [4.78, 5) is 10.8. The molecule has 0 aromatic heterocycles. The molecular weight excluding hydrogens is 347 g/mol. The fourth-order valence-corrected chi connectivity index (χ4v) is 2.77. The molecule has 26 heavy (non-hydrogen) atoms. The minimum absolute atomic E-state index is 0.0342. The smallest absolute Gasteiger partial charge is 0.418 e. The number of nitrogens with one attached hydrogen (secondary N) is 1. The van der Waals surface area contributed by atoms with Crippen molar-refractivity contribution in [1.82, 2.24) is 0 Å². The molecule has 0 amide bonds. The highest BCUT2D eigenvalue weighted by Gasteiger charge is 2.35. The number of anilines is 2. The molecule has 0 heterocycles. The quantitative estimate of drug-likeness (QED) is 0.720. The first-order chi connectivity index (χ1) is 12.3. The van der Waals surface area contributed by atoms with Crippen LogP contribution in [0.1, 0.15) is 30.0 Å². The van der Waals surface area contributed by atoms with Crippen molar-refractivity contribution in [2.24, 2.45) is 0 Å². The summed E-state index contributed by atoms with van der Waals surface area (Å²) in [5.41, 5.74) is 0.745. The van der Waals surface area contributed by atoms with Crippen LogP contribution in [0.3, 0.4) is 0 Å². The lowest BCUT2D eigenvalue weighted by molar-refractivity contribution is -0.138. The summed E-state index contributed by atoms with van der Waals surface area (Å²) in [6, 6.07) is 8.92. The molecule has 0 radical (unpaired) electrons. The highest BCUT2D eigenvalue weighted by Crippen LogP contribution is 2.40. The average Bonchev–Trinajstić information content (AvgIpc) is 2.59. The SMILES string of the molecule is CCc1c(CCC(=O)O)ccc(C(F)(F)F)c1Nc1ccc(OC)cc1. The molecular formula is C19H20F3NO3. The predicted octanol–water partition coefficient (Wildman–Crippen LogP) is 5.04. The van der Waals surface area contributed by atoms with Gasteiger partial charge in [0.15, 0.2) is 0 Å². The maximum absolute atomic E-state index is 13.5. The van der Waals surface area contributed by atoms with Gasteiger partial charge in [0, 0.05) is 12.1 Å². The van der Waals surface area contributed by atoms with Crippen LogP contribution >= 0.6 is 0 Å². The van der Waals surface area contributed by atoms with Crippen LogP contribution in [0.5, 0.6) is 5.75 Å². The van der Waals surface area contributed by atoms with Gasteiger partial charge in [0.25, 0.3) is 0 Å². The average molecular weight is 367 g/mol. The molecule has 0 spiro atoms. The summed E-state index contributed by atoms with van der Waals surface area (Å²) < 4.78 is 45.5. The Labute approximate surface area is 149 Å². The van der Waals surface area contributed by atoms with Gasteiger partial charge in [0.2, 0.25) is 0 Å². The third kappa shape index (κ3) is 4.68. The number of methoxy groups -OCH3 is 1. The van der Waals surface area contributed by atoms with Crippen molar-refractivity contribution in [1.29, 1.82) is 0 Å². The maximum Gasteiger partial charge on any atom is 0.418 e. The van der Waals surface area contributed by atoms with Crippen LogP contribution in [0.15, 0.2) is 36.4 Å². The molecule has 140 valence electrons. The minimum atomic E-state index is -4.52. The first-order valence-corrected chi connectivity index (χ1v) is 8.11. The Hall–Kier alpha value is -2.70. The van der Waals surface area contributed by atoms with Crippen molar-refractivity contribution in [3.05, 3.63) is 53.1 Å². The highest BCUT2D eigenvalue weighted by molar-refractivity contribution is 5.71. The second kappa shape index (κ2) is 8.12. The second-order valence-corrected chi connectivity index (χ2v) is 5.72. The summed E-state index contributed by atoms with van der Waals surface area (Å²) in [6.45, 7) is 1.75. The lowest BCUT2D eigenvalue weighted by Crippen LogP contribution is -2.13. The molecule has 0 fully saturated rings. The number of aryl methyl sites for hydroxylation is 1. The molecule has 0 saturated heterocycles. The van der Waals surface area contributed by atoms with Crippen LogP contribution in [-0.4, -0.2) is 18.2 Å². The summed E-state index contributed by atoms with van der Waals surface area (Å²) in [6.07, 6.45) is -4.14. The maximum atomic E-state index is 13.5. The number of halogens is 3. The highest BCUT2D eigenvalue weighted by atomic mass is 19.4. The summed E-state index contributed by atoms with van der Waals surface area (Å²) >= 11 is 0. The number of rotatable bonds is 7. The van der Waals surface area contributed by atoms with Gasteiger partial charge in [-0.3, -0.25) is 4.79 Å². The number of hydrogen-bond donors (Lipinski definition) is 2. The van der Waals surface area contributed by atoms with E-state index in [0.717, 1.165) is 6.07 Å². The van der Waals surface area contributed by atoms with E-state index in [0.29, 0.717) is 29.0 Å². The fourth-order valence-electron chi connectivity index (χ4n) is 2.77. The number of benzene rings is 2. The molecule has 0 aliphatic rings. The van der Waals surface area contributed by atoms with Gasteiger partial charge < -0.3 is 15.2 Å². The molecule has 2 aromatic carbocycles. The van der Waals surface area contributed by atoms with E-state index in [2.05, 4.69) is 5.32 Å². The molecule has 2 rings (SSSR count). The zero-order chi connectivity index (χ0) is 19.3. The van der Waals surface area contributed by atoms with Gasteiger partial charge in [-0.2, -0.15) is 13.2 Å². The Morgan fingerprint density at radius 1 is 1.15 bits per heavy atom. The van der Waals surface area contributed by atoms with Gasteiger partial charge in [-0.25, -0.2) is 0 Å². The van der Waals surface area contributed by atoms with Crippen LogP contribution in [0, 0.1) is 0 Å². The van der Waals surface area contributed by atoms with Gasteiger partial charge in [-0.05, 0) is 54.3 Å². The zero-order valence-corrected chi connectivity index (χ0v) is 14.5. The molecule has 0 unspecified atom stereocenters. The first-order valence-electron chi connectivity index (χ1n) is 8.11. The lowest BCUT2D eigenvalue weighted by atomic mass is 9.95. The van der Waals surface area contributed by atoms with E-state index in [-0.39, 0.29) is 18.5 Å². The van der Waals surface area contributed by atoms with Crippen molar-refractivity contribution in [2.75, 3.05) is 12.4 Å². The number of ether oxygens (including phenoxy) is 1. The lowest BCUT2D eigenvalue weighted by Gasteiger charge is -2.21. The van der Waals surface area contributed by atoms with Crippen LogP contribution in [0.4, 0.5) is 24.5 Å². The molecule has 0 aliphatic carbocycles. The van der Waals surface area contributed by atoms with Crippen molar-refractivity contribution < 1.29 is 27.8 Å². The summed E-state index contributed by atoms with van der Waals surface area (Å²) in [7, 11) is 1.51. The van der Waals surface area contributed by atoms with E-state index in [9.17, 15) is 18.0 Å². The number of alkyl halides is 3. The van der Waals surface area contributed by atoms with Crippen LogP contribution < -0.4 is 10.1 Å². The Bertz CT molecular complexity index is 771. The van der Waals surface area contributed by atoms with Crippen molar-refractivity contribution in [3.8, 4) is 5.75 Å². The molecule has 7 heteroatoms. The zero-order valence-electron chi connectivity index (χ0n) is 14.5. The molecule has 0 aliphatic heterocycles. The third-order valence-corrected chi connectivity index (χ3v) is 4.04. The molecule has 0 atom stereocenters. The standard InChI is InChI=1S/C19H20F3NO3/c1-3-15-12(5-11-17(24)25)4-10-16(19(20,21)22)18(15)23-13-6-8-14(26-2)9-7-13/h4,6-10,23H,3,5,11H2,1-2H3,(H,24,25). The number of hydrogen-bond acceptors (Lipinski definition) is 3. The fraction of sp³-hybridized carbons (Fsp3) is 0.316. The first kappa shape index (κ1) is 19.6. The van der Waals surface area contributed by atoms with Gasteiger partial charge >= 0.3 is 12.1 Å². The van der Waals surface area contributed by atoms with Crippen molar-refractivity contribution in [3.63, 3.8) is 0 Å². The monoisotopic (exact) mass is 367 g/mol. The summed E-state index contributed by atoms with van der Waals surface area (Å²) in [5.74, 6) is -0.394. The van der Waals surface area contributed by atoms with Crippen LogP contribution in [0.25, 0.3) is 0 Å². The molecule has 4 nitrogen and oxygen atoms in total. The topological polar surface area (TPSA) is 58.6 Å². The number of carboxylic acid groups (broad SMARTS) is 1. The molecule has 0 bridgehead atoms. The Balaban J connectivity index is 2.49. The number of carboxylic acids is 1. The van der Waals surface area contributed by atoms with Gasteiger partial charge in [-0.15, -0.1) is 0 Å². The Kier molecular flexibility index (Phi) is 6.13. The van der Waals surface area contributed by atoms with Crippen molar-refractivity contribution >= 4 is 17.3 Å². The molecule has 2 N–H and O–H groups in total. The van der Waals surface area contributed by atoms with E-state index in [1.807, 2.05) is 0 Å². The van der Waals surface area contributed by atoms with E-state index >= 15 is 0 Å². The minimum Gasteiger partial charge on any atom is -0.497 e. The Morgan fingerprint density at radius 2 is 1.81 bits per heavy atom. The Morgan fingerprint density at radius 3 is 2.31 bits per heavy atom. The normalized spacial score (nSPS) is 11.3. The van der Waals surface area contributed by atoms with Gasteiger partial charge in [-0.1, -0.05) is 13.0 Å². The molecule has 0 saturated carbocycles. The summed E-state index contributed by atoms with van der Waals surface area (Å²) in [5, 5.41) is 11.7. The second-order valence-electron chi connectivity index (χ2n) is 5.72. The van der Waals surface area contributed by atoms with Crippen LogP contribution in [0.2, 0.25) is 0 Å². The van der Waals surface area contributed by atoms with Crippen LogP contribution in [-0.2, 0) is 23.8 Å². The third-order valence-electron chi connectivity index (χ3n) is 4.04. The largest absolute Gasteiger partial charge is 0.497 e. The van der Waals surface area contributed by atoms with E-state index < -0.39 is 17.7 Å². The number of aliphatic carboxylic acids is 1. The van der Waals surface area contributed by atoms with E-state index in [1.165, 1.54) is 13.2 Å². The molecule has 2 aromatic rings. The van der Waals surface area contributed by atoms with Gasteiger partial charge in [0.1, 0.15) is 5.75 Å². The van der Waals surface area contributed by atoms with Gasteiger partial charge in [0.05, 0.1) is 18.4 Å². The van der Waals surface area contributed by atoms with Crippen molar-refractivity contribution in [2.45, 2.75) is 32.4 Å². The van der Waals surface area contributed by atoms with E-state index in [4.69, 9.17) is 9.84 Å². The predicted molar refractivity (Wildman–Crippen MR) is 93.1 cm³/mol. The number of carbonyl (C=O) groups is 1. The van der Waals surface area contributed by atoms with E-state index in [1.54, 1.807) is 31.2 Å².